The Morgan fingerprint density at radius 3 is 2.31 bits per heavy atom. The number of aliphatic carboxylic acids is 1. The van der Waals surface area contributed by atoms with Crippen molar-refractivity contribution in [1.82, 2.24) is 9.55 Å². The average molecular weight is 485 g/mol. The largest absolute Gasteiger partial charge is 0.481 e. The Morgan fingerprint density at radius 1 is 1.06 bits per heavy atom. The van der Waals surface area contributed by atoms with Gasteiger partial charge in [-0.1, -0.05) is 60.7 Å². The van der Waals surface area contributed by atoms with Crippen LogP contribution in [0.3, 0.4) is 0 Å². The summed E-state index contributed by atoms with van der Waals surface area (Å²) in [6, 6.07) is 17.7. The zero-order valence-electron chi connectivity index (χ0n) is 19.5. The predicted octanol–water partition coefficient (Wildman–Crippen LogP) is 3.08. The summed E-state index contributed by atoms with van der Waals surface area (Å²) in [5.41, 5.74) is -0.973. The summed E-state index contributed by atoms with van der Waals surface area (Å²) in [7, 11) is 0. The fourth-order valence-corrected chi connectivity index (χ4v) is 4.35. The molecule has 3 aromatic rings. The minimum atomic E-state index is -1.53. The molecule has 0 saturated heterocycles. The molecule has 0 saturated carbocycles. The van der Waals surface area contributed by atoms with Crippen molar-refractivity contribution < 1.29 is 19.5 Å². The summed E-state index contributed by atoms with van der Waals surface area (Å²) in [5.74, 6) is -2.59. The minimum absolute atomic E-state index is 0.0698. The van der Waals surface area contributed by atoms with Gasteiger partial charge in [-0.05, 0) is 17.7 Å². The highest BCUT2D eigenvalue weighted by molar-refractivity contribution is 5.98. The summed E-state index contributed by atoms with van der Waals surface area (Å²) in [6.07, 6.45) is 5.55. The average Bonchev–Trinajstić information content (AvgIpc) is 3.37. The van der Waals surface area contributed by atoms with Crippen molar-refractivity contribution in [3.63, 3.8) is 0 Å². The molecular weight excluding hydrogens is 460 g/mol. The van der Waals surface area contributed by atoms with Crippen LogP contribution in [0.15, 0.2) is 88.8 Å². The molecule has 0 fully saturated rings. The van der Waals surface area contributed by atoms with Crippen molar-refractivity contribution in [3.05, 3.63) is 94.9 Å². The first kappa shape index (κ1) is 24.5. The van der Waals surface area contributed by atoms with Gasteiger partial charge in [-0.2, -0.15) is 0 Å². The normalized spacial score (nSPS) is 17.0. The Bertz CT molecular complexity index is 1400. The molecule has 9 nitrogen and oxygen atoms in total. The maximum atomic E-state index is 14.0. The van der Waals surface area contributed by atoms with Gasteiger partial charge in [-0.15, -0.1) is 0 Å². The topological polar surface area (TPSA) is 131 Å². The Kier molecular flexibility index (Phi) is 7.00. The number of ketones is 1. The second-order valence-corrected chi connectivity index (χ2v) is 8.38. The number of carbonyl (C=O) groups is 3. The highest BCUT2D eigenvalue weighted by atomic mass is 16.4. The molecule has 0 radical (unpaired) electrons. The van der Waals surface area contributed by atoms with Crippen LogP contribution in [0.2, 0.25) is 0 Å². The summed E-state index contributed by atoms with van der Waals surface area (Å²) in [5, 5.41) is 12.1. The Morgan fingerprint density at radius 2 is 1.72 bits per heavy atom. The Balaban J connectivity index is 1.83. The van der Waals surface area contributed by atoms with Gasteiger partial charge in [0, 0.05) is 24.6 Å². The zero-order valence-corrected chi connectivity index (χ0v) is 19.5. The molecule has 2 unspecified atom stereocenters. The maximum Gasteiger partial charge on any atom is 0.304 e. The summed E-state index contributed by atoms with van der Waals surface area (Å²) < 4.78 is 1.19. The monoisotopic (exact) mass is 484 g/mol. The van der Waals surface area contributed by atoms with Crippen LogP contribution in [0.25, 0.3) is 11.4 Å². The van der Waals surface area contributed by atoms with Crippen LogP contribution in [0, 0.1) is 0 Å². The molecule has 0 aliphatic carbocycles. The fraction of sp³-hybridized carbons (Fsp3) is 0.185. The molecule has 2 heterocycles. The number of allylic oxidation sites excluding steroid dienone is 1. The zero-order chi connectivity index (χ0) is 25.7. The van der Waals surface area contributed by atoms with Crippen LogP contribution in [-0.2, 0) is 20.9 Å². The highest BCUT2D eigenvalue weighted by Crippen LogP contribution is 2.39. The third-order valence-electron chi connectivity index (χ3n) is 5.97. The highest BCUT2D eigenvalue weighted by Gasteiger charge is 2.46. The number of nitrogens with one attached hydrogen (secondary N) is 1. The van der Waals surface area contributed by atoms with Crippen molar-refractivity contribution in [2.75, 3.05) is 5.32 Å². The lowest BCUT2D eigenvalue weighted by Crippen LogP contribution is -2.44. The molecule has 2 N–H and O–H groups in total. The first-order valence-electron chi connectivity index (χ1n) is 11.3. The lowest BCUT2D eigenvalue weighted by atomic mass is 9.75. The van der Waals surface area contributed by atoms with E-state index in [4.69, 9.17) is 0 Å². The standard InChI is InChI=1S/C27H24N4O5/c1-18(32)30-22-16-28-25(20-11-6-3-7-12-20)31(26(22)36)17-23(33)27(13-8-14-29-27)21(15-24(34)35)19-9-4-2-5-10-19/h2-14,16,21H,15,17H2,1H3,(H,30,32)(H,34,35). The number of carboxylic acid groups (broad SMARTS) is 1. The van der Waals surface area contributed by atoms with Gasteiger partial charge in [0.05, 0.1) is 19.2 Å². The van der Waals surface area contributed by atoms with Crippen LogP contribution in [0.5, 0.6) is 0 Å². The summed E-state index contributed by atoms with van der Waals surface area (Å²) >= 11 is 0. The molecule has 182 valence electrons. The smallest absolute Gasteiger partial charge is 0.304 e. The quantitative estimate of drug-likeness (QED) is 0.480. The number of hydrogen-bond acceptors (Lipinski definition) is 6. The van der Waals surface area contributed by atoms with Crippen LogP contribution < -0.4 is 10.9 Å². The Hall–Kier alpha value is -4.66. The van der Waals surface area contributed by atoms with E-state index >= 15 is 0 Å². The van der Waals surface area contributed by atoms with Gasteiger partial charge in [0.1, 0.15) is 17.1 Å². The molecule has 4 rings (SSSR count). The van der Waals surface area contributed by atoms with Crippen LogP contribution in [0.4, 0.5) is 5.69 Å². The number of amides is 1. The van der Waals surface area contributed by atoms with Gasteiger partial charge in [-0.25, -0.2) is 4.98 Å². The number of Topliss-reactive ketones (excluding diaryl/α,β-unsaturated/α-hetero) is 1. The van der Waals surface area contributed by atoms with E-state index in [1.807, 2.05) is 6.07 Å². The van der Waals surface area contributed by atoms with E-state index in [9.17, 15) is 24.3 Å². The number of hydrogen-bond donors (Lipinski definition) is 2. The maximum absolute atomic E-state index is 14.0. The van der Waals surface area contributed by atoms with Gasteiger partial charge >= 0.3 is 5.97 Å². The predicted molar refractivity (Wildman–Crippen MR) is 135 cm³/mol. The summed E-state index contributed by atoms with van der Waals surface area (Å²) in [4.78, 5) is 59.6. The number of benzene rings is 2. The molecule has 0 spiro atoms. The second-order valence-electron chi connectivity index (χ2n) is 8.38. The van der Waals surface area contributed by atoms with E-state index in [1.165, 1.54) is 23.9 Å². The van der Waals surface area contributed by atoms with Crippen LogP contribution in [-0.4, -0.2) is 44.1 Å². The van der Waals surface area contributed by atoms with E-state index in [-0.39, 0.29) is 17.9 Å². The van der Waals surface area contributed by atoms with Gasteiger partial charge < -0.3 is 10.4 Å². The van der Waals surface area contributed by atoms with Gasteiger partial charge in [0.25, 0.3) is 5.56 Å². The minimum Gasteiger partial charge on any atom is -0.481 e. The van der Waals surface area contributed by atoms with Gasteiger partial charge in [0.2, 0.25) is 5.91 Å². The third kappa shape index (κ3) is 4.90. The number of rotatable bonds is 9. The number of aliphatic imine (C=N–C) groups is 1. The number of carbonyl (C=O) groups excluding carboxylic acids is 2. The van der Waals surface area contributed by atoms with Gasteiger partial charge in [0.15, 0.2) is 5.78 Å². The van der Waals surface area contributed by atoms with Crippen molar-refractivity contribution >= 4 is 29.6 Å². The molecule has 1 aromatic heterocycles. The van der Waals surface area contributed by atoms with Crippen molar-refractivity contribution in [1.29, 1.82) is 0 Å². The lowest BCUT2D eigenvalue weighted by Gasteiger charge is -2.32. The van der Waals surface area contributed by atoms with E-state index in [2.05, 4.69) is 15.3 Å². The van der Waals surface area contributed by atoms with Crippen molar-refractivity contribution in [2.45, 2.75) is 31.3 Å². The first-order valence-corrected chi connectivity index (χ1v) is 11.3. The molecule has 1 aliphatic rings. The fourth-order valence-electron chi connectivity index (χ4n) is 4.35. The van der Waals surface area contributed by atoms with E-state index < -0.39 is 41.2 Å². The number of nitrogens with zero attached hydrogens (tertiary/aromatic N) is 3. The molecule has 2 atom stereocenters. The second kappa shape index (κ2) is 10.3. The summed E-state index contributed by atoms with van der Waals surface area (Å²) in [6.45, 7) is 0.831. The van der Waals surface area contributed by atoms with Gasteiger partial charge in [-0.3, -0.25) is 28.7 Å². The number of anilines is 1. The SMILES string of the molecule is CC(=O)Nc1cnc(-c2ccccc2)n(CC(=O)C2(C(CC(=O)O)c3ccccc3)C=CC=N2)c1=O. The molecule has 0 bridgehead atoms. The van der Waals surface area contributed by atoms with E-state index in [0.717, 1.165) is 0 Å². The van der Waals surface area contributed by atoms with Crippen molar-refractivity contribution in [3.8, 4) is 11.4 Å². The Labute approximate surface area is 206 Å². The van der Waals surface area contributed by atoms with Crippen LogP contribution in [0.1, 0.15) is 24.8 Å². The molecule has 2 aromatic carbocycles. The molecule has 9 heteroatoms. The van der Waals surface area contributed by atoms with E-state index in [0.29, 0.717) is 11.1 Å². The van der Waals surface area contributed by atoms with E-state index in [1.54, 1.807) is 66.7 Å². The molecule has 36 heavy (non-hydrogen) atoms. The van der Waals surface area contributed by atoms with Crippen molar-refractivity contribution in [2.24, 2.45) is 4.99 Å². The first-order chi connectivity index (χ1) is 17.3. The molecular formula is C27H24N4O5. The molecule has 1 aliphatic heterocycles. The lowest BCUT2D eigenvalue weighted by molar-refractivity contribution is -0.138. The molecule has 1 amide bonds. The third-order valence-corrected chi connectivity index (χ3v) is 5.97. The van der Waals surface area contributed by atoms with Crippen LogP contribution >= 0.6 is 0 Å². The number of aromatic nitrogens is 2. The number of carboxylic acids is 1.